The number of nitrogens with zero attached hydrogens (tertiary/aromatic N) is 1. The number of rotatable bonds is 6. The minimum Gasteiger partial charge on any atom is -0.486 e. The van der Waals surface area contributed by atoms with Crippen LogP contribution >= 0.6 is 0 Å². The minimum atomic E-state index is -3.73. The lowest BCUT2D eigenvalue weighted by molar-refractivity contribution is -0.123. The molecule has 0 aromatic heterocycles. The number of carbonyl (C=O) groups excluding carboxylic acids is 1. The second-order valence-electron chi connectivity index (χ2n) is 7.93. The van der Waals surface area contributed by atoms with Gasteiger partial charge in [-0.2, -0.15) is 0 Å². The predicted molar refractivity (Wildman–Crippen MR) is 115 cm³/mol. The van der Waals surface area contributed by atoms with Crippen LogP contribution in [0.2, 0.25) is 0 Å². The van der Waals surface area contributed by atoms with Crippen molar-refractivity contribution in [3.05, 3.63) is 53.6 Å². The van der Waals surface area contributed by atoms with Gasteiger partial charge in [-0.05, 0) is 61.7 Å². The van der Waals surface area contributed by atoms with Crippen LogP contribution in [0.25, 0.3) is 0 Å². The molecule has 1 saturated heterocycles. The molecule has 0 unspecified atom stereocenters. The molecule has 4 rings (SSSR count). The molecule has 2 atom stereocenters. The van der Waals surface area contributed by atoms with E-state index in [1.54, 1.807) is 12.1 Å². The fourth-order valence-corrected chi connectivity index (χ4v) is 4.68. The van der Waals surface area contributed by atoms with Gasteiger partial charge in [0.25, 0.3) is 0 Å². The first-order valence-corrected chi connectivity index (χ1v) is 11.9. The number of nitrogens with two attached hydrogens (primary N) is 1. The number of hydrogen-bond acceptors (Lipinski definition) is 6. The summed E-state index contributed by atoms with van der Waals surface area (Å²) in [6.07, 6.45) is 2.01. The van der Waals surface area contributed by atoms with Gasteiger partial charge in [0.15, 0.2) is 11.5 Å². The van der Waals surface area contributed by atoms with Gasteiger partial charge < -0.3 is 14.8 Å². The molecule has 2 aliphatic rings. The lowest BCUT2D eigenvalue weighted by Gasteiger charge is -2.26. The second-order valence-corrected chi connectivity index (χ2v) is 9.50. The summed E-state index contributed by atoms with van der Waals surface area (Å²) in [5.74, 6) is 1.45. The van der Waals surface area contributed by atoms with E-state index in [-0.39, 0.29) is 22.9 Å². The van der Waals surface area contributed by atoms with E-state index >= 15 is 0 Å². The Balaban J connectivity index is 1.38. The van der Waals surface area contributed by atoms with E-state index in [1.807, 2.05) is 25.1 Å². The van der Waals surface area contributed by atoms with Gasteiger partial charge in [0, 0.05) is 6.04 Å². The molecule has 0 radical (unpaired) electrons. The summed E-state index contributed by atoms with van der Waals surface area (Å²) in [7, 11) is -3.73. The molecule has 2 heterocycles. The number of primary sulfonamides is 1. The molecule has 2 aromatic rings. The highest BCUT2D eigenvalue weighted by Gasteiger charge is 2.29. The average Bonchev–Trinajstić information content (AvgIpc) is 3.20. The van der Waals surface area contributed by atoms with Crippen molar-refractivity contribution in [3.8, 4) is 11.5 Å². The number of carbonyl (C=O) groups is 1. The monoisotopic (exact) mass is 445 g/mol. The van der Waals surface area contributed by atoms with Crippen LogP contribution in [0.1, 0.15) is 43.0 Å². The number of ether oxygens (including phenoxy) is 2. The first-order valence-electron chi connectivity index (χ1n) is 10.4. The van der Waals surface area contributed by atoms with Gasteiger partial charge in [-0.15, -0.1) is 0 Å². The summed E-state index contributed by atoms with van der Waals surface area (Å²) >= 11 is 0. The normalized spacial score (nSPS) is 19.7. The van der Waals surface area contributed by atoms with E-state index in [1.165, 1.54) is 12.1 Å². The molecule has 2 aromatic carbocycles. The van der Waals surface area contributed by atoms with Crippen LogP contribution in [0.3, 0.4) is 0 Å². The van der Waals surface area contributed by atoms with Crippen LogP contribution in [-0.2, 0) is 14.8 Å². The molecule has 2 aliphatic heterocycles. The number of likely N-dealkylation sites (tertiary alicyclic amines) is 1. The van der Waals surface area contributed by atoms with Crippen molar-refractivity contribution in [3.63, 3.8) is 0 Å². The molecule has 8 nitrogen and oxygen atoms in total. The van der Waals surface area contributed by atoms with Crippen LogP contribution < -0.4 is 19.9 Å². The molecule has 1 amide bonds. The zero-order valence-corrected chi connectivity index (χ0v) is 18.2. The van der Waals surface area contributed by atoms with E-state index in [9.17, 15) is 13.2 Å². The Morgan fingerprint density at radius 2 is 1.87 bits per heavy atom. The fourth-order valence-electron chi connectivity index (χ4n) is 4.16. The van der Waals surface area contributed by atoms with Gasteiger partial charge in [0.05, 0.1) is 17.5 Å². The molecule has 31 heavy (non-hydrogen) atoms. The first kappa shape index (κ1) is 21.6. The van der Waals surface area contributed by atoms with E-state index < -0.39 is 10.0 Å². The van der Waals surface area contributed by atoms with Gasteiger partial charge in [-0.1, -0.05) is 18.2 Å². The maximum absolute atomic E-state index is 12.7. The van der Waals surface area contributed by atoms with E-state index in [0.29, 0.717) is 19.8 Å². The predicted octanol–water partition coefficient (Wildman–Crippen LogP) is 2.12. The molecule has 0 aliphatic carbocycles. The summed E-state index contributed by atoms with van der Waals surface area (Å²) in [6, 6.07) is 12.1. The molecule has 166 valence electrons. The minimum absolute atomic E-state index is 0.0501. The van der Waals surface area contributed by atoms with Crippen LogP contribution in [0, 0.1) is 0 Å². The van der Waals surface area contributed by atoms with Gasteiger partial charge >= 0.3 is 0 Å². The van der Waals surface area contributed by atoms with Crippen LogP contribution in [0.5, 0.6) is 11.5 Å². The Kier molecular flexibility index (Phi) is 6.17. The number of amides is 1. The molecular formula is C22H27N3O5S. The van der Waals surface area contributed by atoms with Crippen molar-refractivity contribution >= 4 is 15.9 Å². The van der Waals surface area contributed by atoms with E-state index in [4.69, 9.17) is 14.6 Å². The largest absolute Gasteiger partial charge is 0.486 e. The lowest BCUT2D eigenvalue weighted by atomic mass is 10.0. The highest BCUT2D eigenvalue weighted by Crippen LogP contribution is 2.37. The highest BCUT2D eigenvalue weighted by atomic mass is 32.2. The summed E-state index contributed by atoms with van der Waals surface area (Å²) in [6.45, 7) is 4.11. The van der Waals surface area contributed by atoms with Crippen molar-refractivity contribution in [2.45, 2.75) is 36.7 Å². The maximum Gasteiger partial charge on any atom is 0.238 e. The number of benzene rings is 2. The third-order valence-electron chi connectivity index (χ3n) is 5.75. The number of fused-ring (bicyclic) bond motifs is 1. The van der Waals surface area contributed by atoms with Crippen molar-refractivity contribution in [2.75, 3.05) is 26.3 Å². The molecule has 1 fully saturated rings. The number of hydrogen-bond donors (Lipinski definition) is 2. The Bertz CT molecular complexity index is 1060. The third kappa shape index (κ3) is 5.00. The Labute approximate surface area is 182 Å². The third-order valence-corrected chi connectivity index (χ3v) is 6.68. The maximum atomic E-state index is 12.7. The summed E-state index contributed by atoms with van der Waals surface area (Å²) in [5.41, 5.74) is 1.94. The topological polar surface area (TPSA) is 111 Å². The Morgan fingerprint density at radius 1 is 1.16 bits per heavy atom. The van der Waals surface area contributed by atoms with Crippen LogP contribution in [-0.4, -0.2) is 45.5 Å². The van der Waals surface area contributed by atoms with Crippen molar-refractivity contribution < 1.29 is 22.7 Å². The van der Waals surface area contributed by atoms with E-state index in [0.717, 1.165) is 42.0 Å². The van der Waals surface area contributed by atoms with Crippen LogP contribution in [0.15, 0.2) is 47.4 Å². The Hall–Kier alpha value is -2.62. The number of sulfonamides is 1. The van der Waals surface area contributed by atoms with Gasteiger partial charge in [0.1, 0.15) is 13.2 Å². The van der Waals surface area contributed by atoms with Crippen molar-refractivity contribution in [1.29, 1.82) is 0 Å². The van der Waals surface area contributed by atoms with Crippen molar-refractivity contribution in [2.24, 2.45) is 5.14 Å². The van der Waals surface area contributed by atoms with Gasteiger partial charge in [-0.3, -0.25) is 9.69 Å². The Morgan fingerprint density at radius 3 is 2.58 bits per heavy atom. The zero-order chi connectivity index (χ0) is 22.0. The SMILES string of the molecule is C[C@@H](NC(=O)CN1CCC[C@@H]1c1ccc2c(c1)OCCO2)c1ccc(S(N)(=O)=O)cc1. The highest BCUT2D eigenvalue weighted by molar-refractivity contribution is 7.89. The van der Waals surface area contributed by atoms with Crippen molar-refractivity contribution in [1.82, 2.24) is 10.2 Å². The standard InChI is InChI=1S/C22H27N3O5S/c1-15(16-4-7-18(8-5-16)31(23,27)28)24-22(26)14-25-10-2-3-19(25)17-6-9-20-21(13-17)30-12-11-29-20/h4-9,13,15,19H,2-3,10-12,14H2,1H3,(H,24,26)(H2,23,27,28)/t15-,19-/m1/s1. The molecule has 0 saturated carbocycles. The first-order chi connectivity index (χ1) is 14.8. The molecular weight excluding hydrogens is 418 g/mol. The molecule has 0 spiro atoms. The average molecular weight is 446 g/mol. The molecule has 3 N–H and O–H groups in total. The van der Waals surface area contributed by atoms with Gasteiger partial charge in [0.2, 0.25) is 15.9 Å². The molecule has 0 bridgehead atoms. The zero-order valence-electron chi connectivity index (χ0n) is 17.4. The molecule has 9 heteroatoms. The van der Waals surface area contributed by atoms with Gasteiger partial charge in [-0.25, -0.2) is 13.6 Å². The van der Waals surface area contributed by atoms with Crippen LogP contribution in [0.4, 0.5) is 0 Å². The summed E-state index contributed by atoms with van der Waals surface area (Å²) in [4.78, 5) is 14.9. The lowest BCUT2D eigenvalue weighted by Crippen LogP contribution is -2.38. The fraction of sp³-hybridized carbons (Fsp3) is 0.409. The summed E-state index contributed by atoms with van der Waals surface area (Å²) in [5, 5.41) is 8.13. The number of nitrogens with one attached hydrogen (secondary N) is 1. The quantitative estimate of drug-likeness (QED) is 0.705. The second kappa shape index (κ2) is 8.86. The summed E-state index contributed by atoms with van der Waals surface area (Å²) < 4.78 is 34.1. The van der Waals surface area contributed by atoms with E-state index in [2.05, 4.69) is 10.2 Å². The smallest absolute Gasteiger partial charge is 0.238 e.